The van der Waals surface area contributed by atoms with E-state index in [4.69, 9.17) is 0 Å². The lowest BCUT2D eigenvalue weighted by Gasteiger charge is -2.20. The fourth-order valence-electron chi connectivity index (χ4n) is 1.38. The predicted molar refractivity (Wildman–Crippen MR) is 69.0 cm³/mol. The maximum atomic E-state index is 4.67. The maximum Gasteiger partial charge on any atom is 0.133 e. The third-order valence-corrected chi connectivity index (χ3v) is 2.82. The summed E-state index contributed by atoms with van der Waals surface area (Å²) in [5, 5.41) is 3.11. The zero-order valence-electron chi connectivity index (χ0n) is 11.3. The van der Waals surface area contributed by atoms with Crippen LogP contribution in [0.3, 0.4) is 0 Å². The van der Waals surface area contributed by atoms with Crippen molar-refractivity contribution in [3.63, 3.8) is 0 Å². The zero-order valence-corrected chi connectivity index (χ0v) is 11.3. The summed E-state index contributed by atoms with van der Waals surface area (Å²) in [5.41, 5.74) is 1.17. The van der Waals surface area contributed by atoms with Gasteiger partial charge in [0.05, 0.1) is 5.69 Å². The molecule has 0 fully saturated rings. The second-order valence-electron chi connectivity index (χ2n) is 5.31. The van der Waals surface area contributed by atoms with Gasteiger partial charge in [0.15, 0.2) is 0 Å². The molecular formula is C13H23N3. The van der Waals surface area contributed by atoms with Gasteiger partial charge >= 0.3 is 0 Å². The Balaban J connectivity index is 3.21. The predicted octanol–water partition coefficient (Wildman–Crippen LogP) is 3.33. The molecule has 3 nitrogen and oxygen atoms in total. The monoisotopic (exact) mass is 221 g/mol. The van der Waals surface area contributed by atoms with E-state index in [0.29, 0.717) is 5.92 Å². The average Bonchev–Trinajstić information content (AvgIpc) is 2.26. The van der Waals surface area contributed by atoms with E-state index in [1.807, 2.05) is 13.1 Å². The van der Waals surface area contributed by atoms with E-state index in [1.54, 1.807) is 0 Å². The fraction of sp³-hybridized carbons (Fsp3) is 0.692. The molecule has 1 atom stereocenters. The average molecular weight is 221 g/mol. The Bertz CT molecular complexity index is 353. The Hall–Kier alpha value is -1.12. The second-order valence-corrected chi connectivity index (χ2v) is 5.31. The van der Waals surface area contributed by atoms with Gasteiger partial charge in [0.1, 0.15) is 11.6 Å². The smallest absolute Gasteiger partial charge is 0.133 e. The summed E-state index contributed by atoms with van der Waals surface area (Å²) in [4.78, 5) is 9.19. The molecule has 0 aliphatic carbocycles. The van der Waals surface area contributed by atoms with Crippen molar-refractivity contribution in [2.75, 3.05) is 12.4 Å². The van der Waals surface area contributed by atoms with Gasteiger partial charge in [0, 0.05) is 24.4 Å². The molecule has 0 aromatic carbocycles. The lowest BCUT2D eigenvalue weighted by Crippen LogP contribution is -2.17. The molecule has 0 bridgehead atoms. The minimum Gasteiger partial charge on any atom is -0.373 e. The van der Waals surface area contributed by atoms with Crippen molar-refractivity contribution in [2.45, 2.75) is 52.4 Å². The van der Waals surface area contributed by atoms with Crippen LogP contribution in [0.15, 0.2) is 6.07 Å². The SMILES string of the molecule is CCC(C)c1nc(NC)cc(C(C)(C)C)n1. The highest BCUT2D eigenvalue weighted by Gasteiger charge is 2.19. The number of nitrogens with one attached hydrogen (secondary N) is 1. The Labute approximate surface area is 98.7 Å². The summed E-state index contributed by atoms with van der Waals surface area (Å²) < 4.78 is 0. The van der Waals surface area contributed by atoms with Crippen molar-refractivity contribution >= 4 is 5.82 Å². The van der Waals surface area contributed by atoms with Crippen molar-refractivity contribution in [3.8, 4) is 0 Å². The molecule has 0 saturated carbocycles. The summed E-state index contributed by atoms with van der Waals surface area (Å²) in [6, 6.07) is 2.03. The topological polar surface area (TPSA) is 37.8 Å². The first-order valence-electron chi connectivity index (χ1n) is 5.95. The molecule has 0 aliphatic heterocycles. The van der Waals surface area contributed by atoms with Gasteiger partial charge in [-0.3, -0.25) is 0 Å². The first-order chi connectivity index (χ1) is 7.38. The first-order valence-corrected chi connectivity index (χ1v) is 5.95. The molecule has 1 N–H and O–H groups in total. The summed E-state index contributed by atoms with van der Waals surface area (Å²) in [7, 11) is 1.90. The van der Waals surface area contributed by atoms with E-state index in [2.05, 4.69) is 49.9 Å². The van der Waals surface area contributed by atoms with Crippen molar-refractivity contribution in [2.24, 2.45) is 0 Å². The van der Waals surface area contributed by atoms with Gasteiger partial charge < -0.3 is 5.32 Å². The third-order valence-electron chi connectivity index (χ3n) is 2.82. The highest BCUT2D eigenvalue weighted by atomic mass is 15.0. The lowest BCUT2D eigenvalue weighted by molar-refractivity contribution is 0.554. The second kappa shape index (κ2) is 4.81. The van der Waals surface area contributed by atoms with Gasteiger partial charge in [-0.05, 0) is 6.42 Å². The summed E-state index contributed by atoms with van der Waals surface area (Å²) in [6.45, 7) is 10.9. The molecule has 16 heavy (non-hydrogen) atoms. The molecule has 0 saturated heterocycles. The zero-order chi connectivity index (χ0) is 12.3. The minimum absolute atomic E-state index is 0.0662. The first kappa shape index (κ1) is 12.9. The van der Waals surface area contributed by atoms with E-state index in [1.165, 1.54) is 0 Å². The van der Waals surface area contributed by atoms with Gasteiger partial charge in [-0.15, -0.1) is 0 Å². The van der Waals surface area contributed by atoms with E-state index in [0.717, 1.165) is 23.8 Å². The van der Waals surface area contributed by atoms with Crippen LogP contribution in [0.5, 0.6) is 0 Å². The van der Waals surface area contributed by atoms with Crippen LogP contribution in [0.25, 0.3) is 0 Å². The molecule has 1 aromatic heterocycles. The molecule has 0 spiro atoms. The number of hydrogen-bond acceptors (Lipinski definition) is 3. The number of aromatic nitrogens is 2. The van der Waals surface area contributed by atoms with Crippen molar-refractivity contribution < 1.29 is 0 Å². The van der Waals surface area contributed by atoms with Crippen LogP contribution in [0.2, 0.25) is 0 Å². The van der Waals surface area contributed by atoms with Gasteiger partial charge in [0.2, 0.25) is 0 Å². The molecular weight excluding hydrogens is 198 g/mol. The van der Waals surface area contributed by atoms with E-state index >= 15 is 0 Å². The van der Waals surface area contributed by atoms with Crippen molar-refractivity contribution in [1.29, 1.82) is 0 Å². The Morgan fingerprint density at radius 3 is 2.38 bits per heavy atom. The van der Waals surface area contributed by atoms with E-state index < -0.39 is 0 Å². The Morgan fingerprint density at radius 1 is 1.31 bits per heavy atom. The number of rotatable bonds is 3. The van der Waals surface area contributed by atoms with E-state index in [9.17, 15) is 0 Å². The normalized spacial score (nSPS) is 13.6. The third kappa shape index (κ3) is 2.94. The Kier molecular flexibility index (Phi) is 3.89. The van der Waals surface area contributed by atoms with Crippen LogP contribution in [-0.2, 0) is 5.41 Å². The lowest BCUT2D eigenvalue weighted by atomic mass is 9.91. The molecule has 0 radical (unpaired) electrons. The standard InChI is InChI=1S/C13H23N3/c1-7-9(2)12-15-10(13(3,4)5)8-11(14-6)16-12/h8-9H,7H2,1-6H3,(H,14,15,16). The van der Waals surface area contributed by atoms with Crippen LogP contribution in [0, 0.1) is 0 Å². The maximum absolute atomic E-state index is 4.67. The van der Waals surface area contributed by atoms with Gasteiger partial charge in [-0.25, -0.2) is 9.97 Å². The largest absolute Gasteiger partial charge is 0.373 e. The fourth-order valence-corrected chi connectivity index (χ4v) is 1.38. The Morgan fingerprint density at radius 2 is 1.94 bits per heavy atom. The number of hydrogen-bond donors (Lipinski definition) is 1. The molecule has 1 aromatic rings. The molecule has 1 heterocycles. The van der Waals surface area contributed by atoms with Crippen LogP contribution >= 0.6 is 0 Å². The van der Waals surface area contributed by atoms with Gasteiger partial charge in [0.25, 0.3) is 0 Å². The van der Waals surface area contributed by atoms with Gasteiger partial charge in [-0.1, -0.05) is 34.6 Å². The number of nitrogens with zero attached hydrogens (tertiary/aromatic N) is 2. The van der Waals surface area contributed by atoms with Crippen LogP contribution in [0.4, 0.5) is 5.82 Å². The van der Waals surface area contributed by atoms with Crippen LogP contribution in [-0.4, -0.2) is 17.0 Å². The molecule has 0 aliphatic rings. The minimum atomic E-state index is 0.0662. The molecule has 1 rings (SSSR count). The number of anilines is 1. The molecule has 3 heteroatoms. The molecule has 1 unspecified atom stereocenters. The molecule has 90 valence electrons. The van der Waals surface area contributed by atoms with Gasteiger partial charge in [-0.2, -0.15) is 0 Å². The summed E-state index contributed by atoms with van der Waals surface area (Å²) in [5.74, 6) is 2.27. The highest BCUT2D eigenvalue weighted by molar-refractivity contribution is 5.37. The van der Waals surface area contributed by atoms with E-state index in [-0.39, 0.29) is 5.41 Å². The van der Waals surface area contributed by atoms with Crippen molar-refractivity contribution in [1.82, 2.24) is 9.97 Å². The summed E-state index contributed by atoms with van der Waals surface area (Å²) >= 11 is 0. The van der Waals surface area contributed by atoms with Crippen LogP contribution in [0.1, 0.15) is 58.5 Å². The quantitative estimate of drug-likeness (QED) is 0.850. The summed E-state index contributed by atoms with van der Waals surface area (Å²) in [6.07, 6.45) is 1.07. The van der Waals surface area contributed by atoms with Crippen molar-refractivity contribution in [3.05, 3.63) is 17.6 Å². The molecule has 0 amide bonds. The highest BCUT2D eigenvalue weighted by Crippen LogP contribution is 2.25. The van der Waals surface area contributed by atoms with Crippen LogP contribution < -0.4 is 5.32 Å².